The molecule has 0 unspecified atom stereocenters. The van der Waals surface area contributed by atoms with Crippen LogP contribution in [0.5, 0.6) is 5.75 Å². The molecular formula is C14H15ClN2O2. The van der Waals surface area contributed by atoms with Crippen LogP contribution in [0.2, 0.25) is 5.02 Å². The number of benzene rings is 1. The number of carbonyl (C=O) groups excluding carboxylic acids is 1. The molecular weight excluding hydrogens is 264 g/mol. The average molecular weight is 279 g/mol. The predicted octanol–water partition coefficient (Wildman–Crippen LogP) is 3.01. The Morgan fingerprint density at radius 1 is 1.47 bits per heavy atom. The molecule has 0 aliphatic carbocycles. The molecule has 0 saturated heterocycles. The molecule has 0 fully saturated rings. The minimum Gasteiger partial charge on any atom is -0.492 e. The fraction of sp³-hybridized carbons (Fsp3) is 0.286. The Labute approximate surface area is 117 Å². The standard InChI is InChI=1S/C14H15ClN2O2/c1-4-19-12-7-9(2)10(8-11(12)15)13(18)14-16-5-6-17(14)3/h5-8H,4H2,1-3H3. The van der Waals surface area contributed by atoms with E-state index in [1.165, 1.54) is 0 Å². The normalized spacial score (nSPS) is 10.5. The zero-order chi connectivity index (χ0) is 14.0. The van der Waals surface area contributed by atoms with Gasteiger partial charge in [0.15, 0.2) is 5.82 Å². The molecule has 1 aromatic heterocycles. The number of ether oxygens (including phenoxy) is 1. The van der Waals surface area contributed by atoms with Crippen molar-refractivity contribution in [3.63, 3.8) is 0 Å². The second-order valence-corrected chi connectivity index (χ2v) is 4.63. The molecule has 100 valence electrons. The number of hydrogen-bond acceptors (Lipinski definition) is 3. The first-order chi connectivity index (χ1) is 9.04. The van der Waals surface area contributed by atoms with Crippen LogP contribution in [0.1, 0.15) is 28.7 Å². The Balaban J connectivity index is 2.44. The second-order valence-electron chi connectivity index (χ2n) is 4.22. The number of aryl methyl sites for hydroxylation is 2. The van der Waals surface area contributed by atoms with Crippen LogP contribution in [-0.4, -0.2) is 21.9 Å². The fourth-order valence-electron chi connectivity index (χ4n) is 1.87. The van der Waals surface area contributed by atoms with Crippen LogP contribution < -0.4 is 4.74 Å². The van der Waals surface area contributed by atoms with Gasteiger partial charge in [-0.3, -0.25) is 4.79 Å². The Morgan fingerprint density at radius 2 is 2.21 bits per heavy atom. The molecule has 0 atom stereocenters. The van der Waals surface area contributed by atoms with Gasteiger partial charge in [-0.1, -0.05) is 11.6 Å². The summed E-state index contributed by atoms with van der Waals surface area (Å²) in [6.45, 7) is 4.28. The summed E-state index contributed by atoms with van der Waals surface area (Å²) in [5, 5.41) is 0.435. The third-order valence-electron chi connectivity index (χ3n) is 2.85. The molecule has 0 N–H and O–H groups in total. The number of halogens is 1. The summed E-state index contributed by atoms with van der Waals surface area (Å²) >= 11 is 6.12. The van der Waals surface area contributed by atoms with Gasteiger partial charge in [0.1, 0.15) is 5.75 Å². The Kier molecular flexibility index (Phi) is 3.90. The summed E-state index contributed by atoms with van der Waals surface area (Å²) in [7, 11) is 1.78. The van der Waals surface area contributed by atoms with Crippen LogP contribution >= 0.6 is 11.6 Å². The van der Waals surface area contributed by atoms with Crippen molar-refractivity contribution in [1.29, 1.82) is 0 Å². The molecule has 5 heteroatoms. The molecule has 0 aliphatic heterocycles. The highest BCUT2D eigenvalue weighted by atomic mass is 35.5. The van der Waals surface area contributed by atoms with E-state index in [9.17, 15) is 4.79 Å². The molecule has 1 heterocycles. The number of nitrogens with zero attached hydrogens (tertiary/aromatic N) is 2. The third kappa shape index (κ3) is 2.63. The lowest BCUT2D eigenvalue weighted by Gasteiger charge is -2.10. The first kappa shape index (κ1) is 13.6. The van der Waals surface area contributed by atoms with Gasteiger partial charge in [0.25, 0.3) is 0 Å². The van der Waals surface area contributed by atoms with E-state index >= 15 is 0 Å². The van der Waals surface area contributed by atoms with Crippen LogP contribution in [0.3, 0.4) is 0 Å². The lowest BCUT2D eigenvalue weighted by atomic mass is 10.0. The zero-order valence-electron chi connectivity index (χ0n) is 11.1. The lowest BCUT2D eigenvalue weighted by Crippen LogP contribution is -2.10. The van der Waals surface area contributed by atoms with Crippen molar-refractivity contribution in [2.75, 3.05) is 6.61 Å². The van der Waals surface area contributed by atoms with Gasteiger partial charge in [-0.15, -0.1) is 0 Å². The van der Waals surface area contributed by atoms with Crippen molar-refractivity contribution < 1.29 is 9.53 Å². The van der Waals surface area contributed by atoms with E-state index in [0.29, 0.717) is 28.8 Å². The molecule has 0 radical (unpaired) electrons. The van der Waals surface area contributed by atoms with E-state index < -0.39 is 0 Å². The van der Waals surface area contributed by atoms with Crippen molar-refractivity contribution in [2.45, 2.75) is 13.8 Å². The first-order valence-corrected chi connectivity index (χ1v) is 6.37. The van der Waals surface area contributed by atoms with Gasteiger partial charge < -0.3 is 9.30 Å². The lowest BCUT2D eigenvalue weighted by molar-refractivity contribution is 0.102. The summed E-state index contributed by atoms with van der Waals surface area (Å²) in [5.74, 6) is 0.844. The van der Waals surface area contributed by atoms with Crippen LogP contribution in [0, 0.1) is 6.92 Å². The Hall–Kier alpha value is -1.81. The van der Waals surface area contributed by atoms with Gasteiger partial charge in [-0.25, -0.2) is 4.98 Å². The number of hydrogen-bond donors (Lipinski definition) is 0. The average Bonchev–Trinajstić information content (AvgIpc) is 2.79. The number of rotatable bonds is 4. The summed E-state index contributed by atoms with van der Waals surface area (Å²) < 4.78 is 7.09. The van der Waals surface area contributed by atoms with Crippen LogP contribution in [-0.2, 0) is 7.05 Å². The molecule has 2 aromatic rings. The van der Waals surface area contributed by atoms with Crippen LogP contribution in [0.15, 0.2) is 24.5 Å². The topological polar surface area (TPSA) is 44.1 Å². The maximum atomic E-state index is 12.4. The summed E-state index contributed by atoms with van der Waals surface area (Å²) in [6, 6.07) is 3.42. The summed E-state index contributed by atoms with van der Waals surface area (Å²) in [6.07, 6.45) is 3.33. The van der Waals surface area contributed by atoms with Gasteiger partial charge >= 0.3 is 0 Å². The van der Waals surface area contributed by atoms with Gasteiger partial charge in [0.05, 0.1) is 11.6 Å². The van der Waals surface area contributed by atoms with Gasteiger partial charge in [0.2, 0.25) is 5.78 Å². The molecule has 2 rings (SSSR count). The van der Waals surface area contributed by atoms with Gasteiger partial charge in [0, 0.05) is 25.0 Å². The maximum absolute atomic E-state index is 12.4. The Morgan fingerprint density at radius 3 is 2.79 bits per heavy atom. The van der Waals surface area contributed by atoms with E-state index in [0.717, 1.165) is 5.56 Å². The highest BCUT2D eigenvalue weighted by Gasteiger charge is 2.18. The SMILES string of the molecule is CCOc1cc(C)c(C(=O)c2nccn2C)cc1Cl. The van der Waals surface area contributed by atoms with Gasteiger partial charge in [-0.2, -0.15) is 0 Å². The molecule has 19 heavy (non-hydrogen) atoms. The molecule has 0 saturated carbocycles. The Bertz CT molecular complexity index is 620. The molecule has 0 amide bonds. The van der Waals surface area contributed by atoms with E-state index in [1.807, 2.05) is 13.8 Å². The number of imidazole rings is 1. The molecule has 1 aromatic carbocycles. The van der Waals surface area contributed by atoms with E-state index in [4.69, 9.17) is 16.3 Å². The zero-order valence-corrected chi connectivity index (χ0v) is 11.9. The van der Waals surface area contributed by atoms with Crippen LogP contribution in [0.25, 0.3) is 0 Å². The minimum atomic E-state index is -0.144. The quantitative estimate of drug-likeness (QED) is 0.808. The number of aromatic nitrogens is 2. The van der Waals surface area contributed by atoms with Gasteiger partial charge in [-0.05, 0) is 31.5 Å². The molecule has 0 aliphatic rings. The fourth-order valence-corrected chi connectivity index (χ4v) is 2.09. The van der Waals surface area contributed by atoms with E-state index in [2.05, 4.69) is 4.98 Å². The number of carbonyl (C=O) groups is 1. The highest BCUT2D eigenvalue weighted by Crippen LogP contribution is 2.29. The largest absolute Gasteiger partial charge is 0.492 e. The van der Waals surface area contributed by atoms with E-state index in [1.54, 1.807) is 36.1 Å². The van der Waals surface area contributed by atoms with Crippen molar-refractivity contribution in [1.82, 2.24) is 9.55 Å². The van der Waals surface area contributed by atoms with E-state index in [-0.39, 0.29) is 5.78 Å². The van der Waals surface area contributed by atoms with Crippen molar-refractivity contribution >= 4 is 17.4 Å². The second kappa shape index (κ2) is 5.45. The molecule has 4 nitrogen and oxygen atoms in total. The number of ketones is 1. The predicted molar refractivity (Wildman–Crippen MR) is 74.0 cm³/mol. The first-order valence-electron chi connectivity index (χ1n) is 5.99. The highest BCUT2D eigenvalue weighted by molar-refractivity contribution is 6.32. The molecule has 0 bridgehead atoms. The summed E-state index contributed by atoms with van der Waals surface area (Å²) in [4.78, 5) is 16.4. The summed E-state index contributed by atoms with van der Waals surface area (Å²) in [5.41, 5.74) is 1.36. The minimum absolute atomic E-state index is 0.144. The smallest absolute Gasteiger partial charge is 0.228 e. The third-order valence-corrected chi connectivity index (χ3v) is 3.14. The van der Waals surface area contributed by atoms with Crippen molar-refractivity contribution in [2.24, 2.45) is 7.05 Å². The van der Waals surface area contributed by atoms with Crippen molar-refractivity contribution in [3.8, 4) is 5.75 Å². The monoisotopic (exact) mass is 278 g/mol. The molecule has 0 spiro atoms. The van der Waals surface area contributed by atoms with Crippen LogP contribution in [0.4, 0.5) is 0 Å². The van der Waals surface area contributed by atoms with Crippen molar-refractivity contribution in [3.05, 3.63) is 46.5 Å². The maximum Gasteiger partial charge on any atom is 0.228 e.